The molecule has 1 aromatic rings. The molecule has 1 fully saturated rings. The summed E-state index contributed by atoms with van der Waals surface area (Å²) in [6, 6.07) is 2.79. The van der Waals surface area contributed by atoms with Crippen molar-refractivity contribution in [2.45, 2.75) is 19.0 Å². The zero-order valence-electron chi connectivity index (χ0n) is 12.1. The molecule has 0 atom stereocenters. The SMILES string of the molecule is CN1CCN(CCCc2cc(F)cc(C(F)(F)F)c2)CC1. The smallest absolute Gasteiger partial charge is 0.304 e. The third kappa shape index (κ3) is 4.97. The van der Waals surface area contributed by atoms with E-state index in [4.69, 9.17) is 0 Å². The average Bonchev–Trinajstić information content (AvgIpc) is 2.39. The van der Waals surface area contributed by atoms with Crippen molar-refractivity contribution in [3.05, 3.63) is 35.1 Å². The maximum absolute atomic E-state index is 13.3. The highest BCUT2D eigenvalue weighted by atomic mass is 19.4. The normalized spacial score (nSPS) is 18.1. The fraction of sp³-hybridized carbons (Fsp3) is 0.600. The Morgan fingerprint density at radius 2 is 1.71 bits per heavy atom. The maximum Gasteiger partial charge on any atom is 0.416 e. The van der Waals surface area contributed by atoms with Crippen LogP contribution < -0.4 is 0 Å². The van der Waals surface area contributed by atoms with Crippen molar-refractivity contribution in [3.63, 3.8) is 0 Å². The van der Waals surface area contributed by atoms with E-state index in [0.717, 1.165) is 45.2 Å². The second-order valence-corrected chi connectivity index (χ2v) is 5.59. The number of alkyl halides is 3. The zero-order chi connectivity index (χ0) is 15.5. The van der Waals surface area contributed by atoms with Crippen LogP contribution in [0.3, 0.4) is 0 Å². The standard InChI is InChI=1S/C15H20F4N2/c1-20-5-7-21(8-6-20)4-2-3-12-9-13(15(17,18)19)11-14(16)10-12/h9-11H,2-8H2,1H3. The Labute approximate surface area is 122 Å². The summed E-state index contributed by atoms with van der Waals surface area (Å²) in [4.78, 5) is 4.54. The highest BCUT2D eigenvalue weighted by molar-refractivity contribution is 5.26. The lowest BCUT2D eigenvalue weighted by molar-refractivity contribution is -0.137. The number of halogens is 4. The Hall–Kier alpha value is -1.14. The third-order valence-electron chi connectivity index (χ3n) is 3.82. The minimum atomic E-state index is -4.49. The monoisotopic (exact) mass is 304 g/mol. The van der Waals surface area contributed by atoms with Gasteiger partial charge in [-0.3, -0.25) is 0 Å². The van der Waals surface area contributed by atoms with Gasteiger partial charge in [-0.2, -0.15) is 13.2 Å². The van der Waals surface area contributed by atoms with E-state index in [9.17, 15) is 17.6 Å². The van der Waals surface area contributed by atoms with Gasteiger partial charge in [0.1, 0.15) is 5.82 Å². The Morgan fingerprint density at radius 3 is 2.33 bits per heavy atom. The summed E-state index contributed by atoms with van der Waals surface area (Å²) >= 11 is 0. The van der Waals surface area contributed by atoms with Crippen LogP contribution in [0.15, 0.2) is 18.2 Å². The van der Waals surface area contributed by atoms with Crippen LogP contribution in [0.1, 0.15) is 17.5 Å². The molecule has 2 rings (SSSR count). The van der Waals surface area contributed by atoms with E-state index >= 15 is 0 Å². The Morgan fingerprint density at radius 1 is 1.05 bits per heavy atom. The number of piperazine rings is 1. The van der Waals surface area contributed by atoms with Crippen molar-refractivity contribution in [1.82, 2.24) is 9.80 Å². The molecule has 0 saturated carbocycles. The molecule has 2 nitrogen and oxygen atoms in total. The summed E-state index contributed by atoms with van der Waals surface area (Å²) in [6.45, 7) is 4.82. The van der Waals surface area contributed by atoms with Gasteiger partial charge in [0.25, 0.3) is 0 Å². The highest BCUT2D eigenvalue weighted by Gasteiger charge is 2.31. The van der Waals surface area contributed by atoms with Crippen LogP contribution in [0.4, 0.5) is 17.6 Å². The van der Waals surface area contributed by atoms with Gasteiger partial charge in [-0.15, -0.1) is 0 Å². The van der Waals surface area contributed by atoms with Crippen LogP contribution in [0.25, 0.3) is 0 Å². The number of likely N-dealkylation sites (N-methyl/N-ethyl adjacent to an activating group) is 1. The Kier molecular flexibility index (Phi) is 5.22. The topological polar surface area (TPSA) is 6.48 Å². The number of nitrogens with zero attached hydrogens (tertiary/aromatic N) is 2. The van der Waals surface area contributed by atoms with Crippen LogP contribution in [0.5, 0.6) is 0 Å². The quantitative estimate of drug-likeness (QED) is 0.789. The lowest BCUT2D eigenvalue weighted by Gasteiger charge is -2.32. The van der Waals surface area contributed by atoms with Crippen molar-refractivity contribution in [2.24, 2.45) is 0 Å². The maximum atomic E-state index is 13.3. The highest BCUT2D eigenvalue weighted by Crippen LogP contribution is 2.30. The molecule has 0 radical (unpaired) electrons. The van der Waals surface area contributed by atoms with E-state index in [1.165, 1.54) is 6.07 Å². The summed E-state index contributed by atoms with van der Waals surface area (Å²) in [6.07, 6.45) is -3.29. The van der Waals surface area contributed by atoms with E-state index < -0.39 is 17.6 Å². The van der Waals surface area contributed by atoms with Gasteiger partial charge in [0.05, 0.1) is 5.56 Å². The molecule has 0 aliphatic carbocycles. The first-order chi connectivity index (χ1) is 9.84. The molecule has 1 saturated heterocycles. The first kappa shape index (κ1) is 16.2. The molecular formula is C15H20F4N2. The molecule has 0 N–H and O–H groups in total. The molecule has 1 aliphatic rings. The molecule has 1 aliphatic heterocycles. The molecule has 0 spiro atoms. The average molecular weight is 304 g/mol. The summed E-state index contributed by atoms with van der Waals surface area (Å²) < 4.78 is 51.1. The van der Waals surface area contributed by atoms with Crippen LogP contribution in [-0.2, 0) is 12.6 Å². The largest absolute Gasteiger partial charge is 0.416 e. The predicted octanol–water partition coefficient (Wildman–Crippen LogP) is 3.02. The van der Waals surface area contributed by atoms with Gasteiger partial charge in [0.2, 0.25) is 0 Å². The second-order valence-electron chi connectivity index (χ2n) is 5.59. The summed E-state index contributed by atoms with van der Waals surface area (Å²) in [5.41, 5.74) is -0.492. The first-order valence-electron chi connectivity index (χ1n) is 7.12. The van der Waals surface area contributed by atoms with Gasteiger partial charge < -0.3 is 9.80 Å². The molecule has 1 heterocycles. The summed E-state index contributed by atoms with van der Waals surface area (Å²) in [7, 11) is 2.07. The van der Waals surface area contributed by atoms with Gasteiger partial charge >= 0.3 is 6.18 Å². The molecular weight excluding hydrogens is 284 g/mol. The summed E-state index contributed by atoms with van der Waals surface area (Å²) in [5.74, 6) is -0.820. The molecule has 118 valence electrons. The molecule has 0 amide bonds. The molecule has 1 aromatic carbocycles. The molecule has 0 unspecified atom stereocenters. The van der Waals surface area contributed by atoms with Gasteiger partial charge in [-0.25, -0.2) is 4.39 Å². The van der Waals surface area contributed by atoms with Crippen molar-refractivity contribution in [1.29, 1.82) is 0 Å². The van der Waals surface area contributed by atoms with Crippen molar-refractivity contribution in [2.75, 3.05) is 39.8 Å². The van der Waals surface area contributed by atoms with Gasteiger partial charge in [-0.05, 0) is 50.2 Å². The summed E-state index contributed by atoms with van der Waals surface area (Å²) in [5, 5.41) is 0. The molecule has 0 bridgehead atoms. The lowest BCUT2D eigenvalue weighted by atomic mass is 10.1. The number of benzene rings is 1. The Balaban J connectivity index is 1.87. The Bertz CT molecular complexity index is 465. The van der Waals surface area contributed by atoms with E-state index in [1.54, 1.807) is 0 Å². The molecule has 21 heavy (non-hydrogen) atoms. The minimum Gasteiger partial charge on any atom is -0.304 e. The fourth-order valence-corrected chi connectivity index (χ4v) is 2.54. The van der Waals surface area contributed by atoms with Crippen LogP contribution in [0.2, 0.25) is 0 Å². The lowest BCUT2D eigenvalue weighted by Crippen LogP contribution is -2.44. The number of hydrogen-bond donors (Lipinski definition) is 0. The van der Waals surface area contributed by atoms with Gasteiger partial charge in [0, 0.05) is 26.2 Å². The second kappa shape index (κ2) is 6.75. The number of rotatable bonds is 4. The number of hydrogen-bond acceptors (Lipinski definition) is 2. The zero-order valence-corrected chi connectivity index (χ0v) is 12.1. The van der Waals surface area contributed by atoms with Crippen molar-refractivity contribution in [3.8, 4) is 0 Å². The van der Waals surface area contributed by atoms with E-state index in [1.807, 2.05) is 0 Å². The fourth-order valence-electron chi connectivity index (χ4n) is 2.54. The van der Waals surface area contributed by atoms with Crippen molar-refractivity contribution >= 4 is 0 Å². The van der Waals surface area contributed by atoms with Gasteiger partial charge in [-0.1, -0.05) is 0 Å². The van der Waals surface area contributed by atoms with Crippen molar-refractivity contribution < 1.29 is 17.6 Å². The number of aryl methyl sites for hydroxylation is 1. The minimum absolute atomic E-state index is 0.413. The van der Waals surface area contributed by atoms with Gasteiger partial charge in [0.15, 0.2) is 0 Å². The van der Waals surface area contributed by atoms with Crippen LogP contribution in [0, 0.1) is 5.82 Å². The van der Waals surface area contributed by atoms with E-state index in [-0.39, 0.29) is 0 Å². The van der Waals surface area contributed by atoms with Crippen LogP contribution >= 0.6 is 0 Å². The van der Waals surface area contributed by atoms with Crippen LogP contribution in [-0.4, -0.2) is 49.6 Å². The molecule has 0 aromatic heterocycles. The first-order valence-corrected chi connectivity index (χ1v) is 7.12. The molecule has 6 heteroatoms. The van der Waals surface area contributed by atoms with E-state index in [0.29, 0.717) is 18.1 Å². The van der Waals surface area contributed by atoms with E-state index in [2.05, 4.69) is 16.8 Å². The third-order valence-corrected chi connectivity index (χ3v) is 3.82. The predicted molar refractivity (Wildman–Crippen MR) is 73.7 cm³/mol.